The second kappa shape index (κ2) is 5.86. The molecule has 0 aliphatic heterocycles. The average Bonchev–Trinajstić information content (AvgIpc) is 2.25. The van der Waals surface area contributed by atoms with E-state index in [2.05, 4.69) is 5.32 Å². The van der Waals surface area contributed by atoms with E-state index >= 15 is 0 Å². The predicted octanol–water partition coefficient (Wildman–Crippen LogP) is 1.17. The lowest BCUT2D eigenvalue weighted by atomic mass is 10.3. The third-order valence-electron chi connectivity index (χ3n) is 2.01. The third-order valence-corrected chi connectivity index (χ3v) is 3.68. The van der Waals surface area contributed by atoms with Gasteiger partial charge in [0.05, 0.1) is 15.7 Å². The van der Waals surface area contributed by atoms with Crippen LogP contribution in [0.4, 0.5) is 5.69 Å². The number of nitrogens with one attached hydrogen (secondary N) is 1. The highest BCUT2D eigenvalue weighted by Crippen LogP contribution is 2.21. The van der Waals surface area contributed by atoms with Crippen LogP contribution in [0.1, 0.15) is 6.42 Å². The molecule has 88 valence electrons. The van der Waals surface area contributed by atoms with E-state index in [4.69, 9.17) is 17.3 Å². The van der Waals surface area contributed by atoms with Gasteiger partial charge in [0.1, 0.15) is 0 Å². The fraction of sp³-hybridized carbons (Fsp3) is 0.300. The molecule has 6 heteroatoms. The van der Waals surface area contributed by atoms with E-state index in [1.54, 1.807) is 25.2 Å². The van der Waals surface area contributed by atoms with Crippen molar-refractivity contribution in [1.29, 1.82) is 0 Å². The number of benzene rings is 1. The highest BCUT2D eigenvalue weighted by atomic mass is 35.5. The van der Waals surface area contributed by atoms with Crippen LogP contribution < -0.4 is 11.1 Å². The van der Waals surface area contributed by atoms with Gasteiger partial charge in [-0.15, -0.1) is 0 Å². The second-order valence-electron chi connectivity index (χ2n) is 3.15. The standard InChI is InChI=1S/C10H13ClN2O2S/c1-13-10(14)4-5-16(15)9-3-2-7(11)6-8(9)12/h2-3,6H,4-5,12H2,1H3,(H,13,14). The lowest BCUT2D eigenvalue weighted by molar-refractivity contribution is -0.120. The van der Waals surface area contributed by atoms with Crippen molar-refractivity contribution >= 4 is 34.0 Å². The summed E-state index contributed by atoms with van der Waals surface area (Å²) < 4.78 is 11.8. The molecular formula is C10H13ClN2O2S. The maximum Gasteiger partial charge on any atom is 0.220 e. The van der Waals surface area contributed by atoms with Gasteiger partial charge < -0.3 is 11.1 Å². The van der Waals surface area contributed by atoms with Crippen LogP contribution in [0.25, 0.3) is 0 Å². The quantitative estimate of drug-likeness (QED) is 0.798. The van der Waals surface area contributed by atoms with Gasteiger partial charge in [0.2, 0.25) is 5.91 Å². The first-order valence-electron chi connectivity index (χ1n) is 4.68. The molecule has 1 aromatic carbocycles. The van der Waals surface area contributed by atoms with Gasteiger partial charge in [0, 0.05) is 29.9 Å². The van der Waals surface area contributed by atoms with Crippen molar-refractivity contribution in [1.82, 2.24) is 5.32 Å². The van der Waals surface area contributed by atoms with E-state index in [9.17, 15) is 9.00 Å². The van der Waals surface area contributed by atoms with E-state index in [0.717, 1.165) is 0 Å². The molecule has 0 fully saturated rings. The van der Waals surface area contributed by atoms with Gasteiger partial charge in [-0.25, -0.2) is 0 Å². The predicted molar refractivity (Wildman–Crippen MR) is 65.8 cm³/mol. The Morgan fingerprint density at radius 3 is 2.81 bits per heavy atom. The summed E-state index contributed by atoms with van der Waals surface area (Å²) in [4.78, 5) is 11.5. The van der Waals surface area contributed by atoms with Crippen LogP contribution in [0.15, 0.2) is 23.1 Å². The maximum absolute atomic E-state index is 11.8. The Kier molecular flexibility index (Phi) is 4.76. The van der Waals surface area contributed by atoms with Crippen LogP contribution in [-0.2, 0) is 15.6 Å². The minimum absolute atomic E-state index is 0.138. The molecule has 0 radical (unpaired) electrons. The molecule has 0 aliphatic carbocycles. The summed E-state index contributed by atoms with van der Waals surface area (Å²) in [6.45, 7) is 0. The number of anilines is 1. The molecule has 4 nitrogen and oxygen atoms in total. The lowest BCUT2D eigenvalue weighted by Gasteiger charge is -2.05. The van der Waals surface area contributed by atoms with Crippen molar-refractivity contribution in [3.63, 3.8) is 0 Å². The molecule has 1 atom stereocenters. The first kappa shape index (κ1) is 13.0. The zero-order valence-corrected chi connectivity index (χ0v) is 10.4. The number of hydrogen-bond acceptors (Lipinski definition) is 3. The molecule has 0 bridgehead atoms. The monoisotopic (exact) mass is 260 g/mol. The number of carbonyl (C=O) groups excluding carboxylic acids is 1. The molecule has 0 aliphatic rings. The number of carbonyl (C=O) groups is 1. The van der Waals surface area contributed by atoms with E-state index in [1.165, 1.54) is 0 Å². The fourth-order valence-electron chi connectivity index (χ4n) is 1.15. The van der Waals surface area contributed by atoms with Crippen molar-refractivity contribution in [2.45, 2.75) is 11.3 Å². The molecule has 0 aromatic heterocycles. The summed E-state index contributed by atoms with van der Waals surface area (Å²) in [7, 11) is 0.274. The Labute approximate surface area is 102 Å². The topological polar surface area (TPSA) is 72.2 Å². The molecule has 0 saturated carbocycles. The van der Waals surface area contributed by atoms with Gasteiger partial charge >= 0.3 is 0 Å². The molecule has 16 heavy (non-hydrogen) atoms. The minimum atomic E-state index is -1.27. The summed E-state index contributed by atoms with van der Waals surface area (Å²) in [6, 6.07) is 4.80. The first-order valence-corrected chi connectivity index (χ1v) is 6.38. The van der Waals surface area contributed by atoms with Crippen molar-refractivity contribution in [3.05, 3.63) is 23.2 Å². The van der Waals surface area contributed by atoms with Crippen molar-refractivity contribution in [3.8, 4) is 0 Å². The number of halogens is 1. The zero-order chi connectivity index (χ0) is 12.1. The maximum atomic E-state index is 11.8. The Bertz CT molecular complexity index is 423. The van der Waals surface area contributed by atoms with Crippen LogP contribution in [0, 0.1) is 0 Å². The molecule has 1 amide bonds. The second-order valence-corrected chi connectivity index (χ2v) is 5.13. The molecule has 1 rings (SSSR count). The number of hydrogen-bond donors (Lipinski definition) is 2. The van der Waals surface area contributed by atoms with E-state index < -0.39 is 10.8 Å². The van der Waals surface area contributed by atoms with Gasteiger partial charge in [-0.1, -0.05) is 11.6 Å². The van der Waals surface area contributed by atoms with Gasteiger partial charge in [0.25, 0.3) is 0 Å². The van der Waals surface area contributed by atoms with Gasteiger partial charge in [-0.3, -0.25) is 9.00 Å². The summed E-state index contributed by atoms with van der Waals surface area (Å²) in [5, 5.41) is 2.97. The van der Waals surface area contributed by atoms with Crippen LogP contribution in [0.5, 0.6) is 0 Å². The summed E-state index contributed by atoms with van der Waals surface area (Å²) in [5.41, 5.74) is 6.07. The Balaban J connectivity index is 2.70. The van der Waals surface area contributed by atoms with Gasteiger partial charge in [-0.2, -0.15) is 0 Å². The highest BCUT2D eigenvalue weighted by molar-refractivity contribution is 7.85. The molecule has 0 saturated heterocycles. The average molecular weight is 261 g/mol. The molecule has 1 aromatic rings. The molecular weight excluding hydrogens is 248 g/mol. The largest absolute Gasteiger partial charge is 0.398 e. The Hall–Kier alpha value is -1.07. The Morgan fingerprint density at radius 2 is 2.25 bits per heavy atom. The van der Waals surface area contributed by atoms with Crippen molar-refractivity contribution < 1.29 is 9.00 Å². The number of amides is 1. The normalized spacial score (nSPS) is 12.1. The summed E-state index contributed by atoms with van der Waals surface area (Å²) in [5.74, 6) is 0.117. The van der Waals surface area contributed by atoms with Crippen molar-refractivity contribution in [2.75, 3.05) is 18.5 Å². The molecule has 0 spiro atoms. The van der Waals surface area contributed by atoms with E-state index in [0.29, 0.717) is 15.6 Å². The smallest absolute Gasteiger partial charge is 0.220 e. The lowest BCUT2D eigenvalue weighted by Crippen LogP contribution is -2.20. The number of nitrogen functional groups attached to an aromatic ring is 1. The Morgan fingerprint density at radius 1 is 1.56 bits per heavy atom. The van der Waals surface area contributed by atoms with Crippen LogP contribution >= 0.6 is 11.6 Å². The third kappa shape index (κ3) is 3.50. The van der Waals surface area contributed by atoms with Crippen LogP contribution in [-0.4, -0.2) is 22.9 Å². The van der Waals surface area contributed by atoms with Crippen LogP contribution in [0.3, 0.4) is 0 Å². The SMILES string of the molecule is CNC(=O)CCS(=O)c1ccc(Cl)cc1N. The number of rotatable bonds is 4. The summed E-state index contributed by atoms with van der Waals surface area (Å²) >= 11 is 5.73. The van der Waals surface area contributed by atoms with Crippen LogP contribution in [0.2, 0.25) is 5.02 Å². The molecule has 0 heterocycles. The van der Waals surface area contributed by atoms with Gasteiger partial charge in [-0.05, 0) is 18.2 Å². The van der Waals surface area contributed by atoms with E-state index in [-0.39, 0.29) is 18.1 Å². The zero-order valence-electron chi connectivity index (χ0n) is 8.83. The summed E-state index contributed by atoms with van der Waals surface area (Å²) in [6.07, 6.45) is 0.213. The van der Waals surface area contributed by atoms with Gasteiger partial charge in [0.15, 0.2) is 0 Å². The van der Waals surface area contributed by atoms with E-state index in [1.807, 2.05) is 0 Å². The highest BCUT2D eigenvalue weighted by Gasteiger charge is 2.10. The molecule has 1 unspecified atom stereocenters. The number of nitrogens with two attached hydrogens (primary N) is 1. The molecule has 3 N–H and O–H groups in total. The van der Waals surface area contributed by atoms with Crippen molar-refractivity contribution in [2.24, 2.45) is 0 Å². The first-order chi connectivity index (χ1) is 7.54. The minimum Gasteiger partial charge on any atom is -0.398 e. The fourth-order valence-corrected chi connectivity index (χ4v) is 2.46.